The molecule has 0 atom stereocenters. The van der Waals surface area contributed by atoms with Gasteiger partial charge in [0.1, 0.15) is 0 Å². The van der Waals surface area contributed by atoms with E-state index in [9.17, 15) is 0 Å². The number of rotatable bonds is 5. The molecule has 0 aliphatic rings. The Bertz CT molecular complexity index is 797. The summed E-state index contributed by atoms with van der Waals surface area (Å²) in [6.07, 6.45) is 0. The maximum absolute atomic E-state index is 4.82. The van der Waals surface area contributed by atoms with E-state index in [0.29, 0.717) is 0 Å². The number of aromatic nitrogens is 1. The molecule has 0 saturated carbocycles. The van der Waals surface area contributed by atoms with Crippen molar-refractivity contribution in [2.24, 2.45) is 0 Å². The second-order valence-corrected chi connectivity index (χ2v) is 6.81. The monoisotopic (exact) mass is 323 g/mol. The molecule has 2 aromatic carbocycles. The Morgan fingerprint density at radius 1 is 1.00 bits per heavy atom. The van der Waals surface area contributed by atoms with Gasteiger partial charge in [-0.25, -0.2) is 4.98 Å². The molecule has 118 valence electrons. The molecular weight excluding hydrogens is 302 g/mol. The van der Waals surface area contributed by atoms with Crippen molar-refractivity contribution in [2.75, 3.05) is 18.8 Å². The zero-order valence-corrected chi connectivity index (χ0v) is 14.5. The Labute approximate surface area is 141 Å². The van der Waals surface area contributed by atoms with Crippen molar-refractivity contribution in [3.05, 3.63) is 65.9 Å². The highest BCUT2D eigenvalue weighted by Crippen LogP contribution is 2.27. The molecule has 0 fully saturated rings. The van der Waals surface area contributed by atoms with E-state index in [-0.39, 0.29) is 0 Å². The van der Waals surface area contributed by atoms with Crippen LogP contribution >= 0.6 is 11.9 Å². The normalized spacial score (nSPS) is 11.1. The summed E-state index contributed by atoms with van der Waals surface area (Å²) in [6, 6.07) is 19.0. The molecule has 3 nitrogen and oxygen atoms in total. The van der Waals surface area contributed by atoms with E-state index < -0.39 is 0 Å². The summed E-state index contributed by atoms with van der Waals surface area (Å²) in [6.45, 7) is 2.94. The summed E-state index contributed by atoms with van der Waals surface area (Å²) < 4.78 is 3.44. The van der Waals surface area contributed by atoms with Crippen molar-refractivity contribution in [3.63, 3.8) is 0 Å². The first kappa shape index (κ1) is 15.8. The summed E-state index contributed by atoms with van der Waals surface area (Å²) in [4.78, 5) is 8.15. The summed E-state index contributed by atoms with van der Waals surface area (Å²) in [7, 11) is 4.12. The molecule has 0 radical (unpaired) electrons. The van der Waals surface area contributed by atoms with Crippen molar-refractivity contribution in [3.8, 4) is 0 Å². The first-order valence-electron chi connectivity index (χ1n) is 7.65. The fourth-order valence-corrected chi connectivity index (χ4v) is 3.07. The second-order valence-electron chi connectivity index (χ2n) is 5.93. The van der Waals surface area contributed by atoms with Crippen molar-refractivity contribution in [2.45, 2.75) is 18.4 Å². The molecule has 0 aliphatic heterocycles. The van der Waals surface area contributed by atoms with Gasteiger partial charge >= 0.3 is 0 Å². The molecule has 23 heavy (non-hydrogen) atoms. The predicted molar refractivity (Wildman–Crippen MR) is 99.8 cm³/mol. The van der Waals surface area contributed by atoms with Crippen molar-refractivity contribution < 1.29 is 0 Å². The number of pyridine rings is 1. The fraction of sp³-hybridized carbons (Fsp3) is 0.211. The standard InChI is InChI=1S/C19H21N3S/c1-14-7-11-17(12-8-14)23-21-18-6-4-5-15-9-10-16(13-22(2)3)20-19(15)18/h4-12,21H,13H2,1-3H3. The van der Waals surface area contributed by atoms with Crippen LogP contribution in [0, 0.1) is 6.92 Å². The lowest BCUT2D eigenvalue weighted by molar-refractivity contribution is 0.397. The van der Waals surface area contributed by atoms with Crippen LogP contribution in [0.2, 0.25) is 0 Å². The number of hydrogen-bond acceptors (Lipinski definition) is 4. The zero-order chi connectivity index (χ0) is 16.2. The number of aryl methyl sites for hydroxylation is 1. The number of anilines is 1. The van der Waals surface area contributed by atoms with Gasteiger partial charge in [-0.05, 0) is 57.2 Å². The highest BCUT2D eigenvalue weighted by molar-refractivity contribution is 8.00. The lowest BCUT2D eigenvalue weighted by Crippen LogP contribution is -2.11. The quantitative estimate of drug-likeness (QED) is 0.687. The van der Waals surface area contributed by atoms with Crippen molar-refractivity contribution in [1.82, 2.24) is 9.88 Å². The lowest BCUT2D eigenvalue weighted by atomic mass is 10.2. The molecule has 4 heteroatoms. The van der Waals surface area contributed by atoms with Crippen LogP contribution in [-0.2, 0) is 6.54 Å². The minimum absolute atomic E-state index is 0.843. The Kier molecular flexibility index (Phi) is 4.84. The molecule has 0 amide bonds. The van der Waals surface area contributed by atoms with Crippen molar-refractivity contribution >= 4 is 28.5 Å². The maximum Gasteiger partial charge on any atom is 0.0945 e. The highest BCUT2D eigenvalue weighted by Gasteiger charge is 2.05. The van der Waals surface area contributed by atoms with E-state index >= 15 is 0 Å². The second kappa shape index (κ2) is 7.02. The van der Waals surface area contributed by atoms with Crippen LogP contribution < -0.4 is 4.72 Å². The fourth-order valence-electron chi connectivity index (χ4n) is 2.40. The highest BCUT2D eigenvalue weighted by atomic mass is 32.2. The van der Waals surface area contributed by atoms with Crippen LogP contribution in [0.25, 0.3) is 10.9 Å². The van der Waals surface area contributed by atoms with Gasteiger partial charge in [0.2, 0.25) is 0 Å². The largest absolute Gasteiger partial charge is 0.324 e. The third kappa shape index (κ3) is 4.03. The van der Waals surface area contributed by atoms with Crippen LogP contribution in [0.1, 0.15) is 11.3 Å². The van der Waals surface area contributed by atoms with E-state index in [4.69, 9.17) is 4.98 Å². The topological polar surface area (TPSA) is 28.2 Å². The van der Waals surface area contributed by atoms with Crippen LogP contribution in [0.15, 0.2) is 59.5 Å². The minimum Gasteiger partial charge on any atom is -0.324 e. The summed E-state index contributed by atoms with van der Waals surface area (Å²) >= 11 is 1.62. The molecule has 1 aromatic heterocycles. The molecule has 1 heterocycles. The van der Waals surface area contributed by atoms with E-state index in [1.807, 2.05) is 0 Å². The van der Waals surface area contributed by atoms with Crippen LogP contribution in [0.5, 0.6) is 0 Å². The Balaban J connectivity index is 1.85. The first-order valence-corrected chi connectivity index (χ1v) is 8.46. The Morgan fingerprint density at radius 3 is 2.52 bits per heavy atom. The Morgan fingerprint density at radius 2 is 1.78 bits per heavy atom. The Hall–Kier alpha value is -2.04. The number of nitrogens with zero attached hydrogens (tertiary/aromatic N) is 2. The molecule has 0 spiro atoms. The van der Waals surface area contributed by atoms with Gasteiger partial charge < -0.3 is 9.62 Å². The number of fused-ring (bicyclic) bond motifs is 1. The van der Waals surface area contributed by atoms with Gasteiger partial charge in [0.25, 0.3) is 0 Å². The summed E-state index contributed by atoms with van der Waals surface area (Å²) in [5.41, 5.74) is 4.42. The number of para-hydroxylation sites is 1. The smallest absolute Gasteiger partial charge is 0.0945 e. The third-order valence-corrected chi connectivity index (χ3v) is 4.39. The average molecular weight is 323 g/mol. The summed E-state index contributed by atoms with van der Waals surface area (Å²) in [5, 5.41) is 1.15. The molecule has 0 saturated heterocycles. The number of hydrogen-bond donors (Lipinski definition) is 1. The SMILES string of the molecule is Cc1ccc(SNc2cccc3ccc(CN(C)C)nc23)cc1. The van der Waals surface area contributed by atoms with Gasteiger partial charge in [0.15, 0.2) is 0 Å². The molecule has 0 unspecified atom stereocenters. The maximum atomic E-state index is 4.82. The van der Waals surface area contributed by atoms with Gasteiger partial charge in [-0.3, -0.25) is 0 Å². The van der Waals surface area contributed by atoms with Gasteiger partial charge in [-0.1, -0.05) is 35.9 Å². The van der Waals surface area contributed by atoms with Crippen LogP contribution in [0.3, 0.4) is 0 Å². The molecule has 3 rings (SSSR count). The molecule has 3 aromatic rings. The first-order chi connectivity index (χ1) is 11.1. The average Bonchev–Trinajstić information content (AvgIpc) is 2.54. The lowest BCUT2D eigenvalue weighted by Gasteiger charge is -2.12. The third-order valence-electron chi connectivity index (χ3n) is 3.56. The molecule has 1 N–H and O–H groups in total. The van der Waals surface area contributed by atoms with Gasteiger partial charge in [-0.15, -0.1) is 0 Å². The minimum atomic E-state index is 0.843. The van der Waals surface area contributed by atoms with Gasteiger partial charge in [0.05, 0.1) is 16.9 Å². The van der Waals surface area contributed by atoms with E-state index in [0.717, 1.165) is 28.8 Å². The molecule has 0 bridgehead atoms. The van der Waals surface area contributed by atoms with Crippen LogP contribution in [-0.4, -0.2) is 24.0 Å². The van der Waals surface area contributed by atoms with E-state index in [2.05, 4.69) is 85.2 Å². The van der Waals surface area contributed by atoms with E-state index in [1.54, 1.807) is 11.9 Å². The van der Waals surface area contributed by atoms with E-state index in [1.165, 1.54) is 10.5 Å². The molecule has 0 aliphatic carbocycles. The molecular formula is C19H21N3S. The van der Waals surface area contributed by atoms with Gasteiger partial charge in [-0.2, -0.15) is 0 Å². The number of nitrogens with one attached hydrogen (secondary N) is 1. The number of benzene rings is 2. The van der Waals surface area contributed by atoms with Crippen molar-refractivity contribution in [1.29, 1.82) is 0 Å². The summed E-state index contributed by atoms with van der Waals surface area (Å²) in [5.74, 6) is 0. The van der Waals surface area contributed by atoms with Crippen LogP contribution in [0.4, 0.5) is 5.69 Å². The zero-order valence-electron chi connectivity index (χ0n) is 13.7. The predicted octanol–water partition coefficient (Wildman–Crippen LogP) is 4.72. The van der Waals surface area contributed by atoms with Gasteiger partial charge in [0, 0.05) is 16.8 Å².